The van der Waals surface area contributed by atoms with Crippen molar-refractivity contribution in [2.45, 2.75) is 27.3 Å². The third-order valence-electron chi connectivity index (χ3n) is 3.85. The van der Waals surface area contributed by atoms with Crippen molar-refractivity contribution in [1.82, 2.24) is 9.78 Å². The fourth-order valence-corrected chi connectivity index (χ4v) is 2.85. The van der Waals surface area contributed by atoms with Crippen LogP contribution in [0.15, 0.2) is 42.6 Å². The van der Waals surface area contributed by atoms with E-state index in [1.54, 1.807) is 29.1 Å². The van der Waals surface area contributed by atoms with E-state index in [4.69, 9.17) is 26.2 Å². The predicted molar refractivity (Wildman–Crippen MR) is 104 cm³/mol. The molecule has 27 heavy (non-hydrogen) atoms. The van der Waals surface area contributed by atoms with E-state index in [1.807, 2.05) is 18.2 Å². The smallest absolute Gasteiger partial charge is 0.493 e. The highest BCUT2D eigenvalue weighted by molar-refractivity contribution is 6.30. The van der Waals surface area contributed by atoms with Crippen molar-refractivity contribution < 1.29 is 19.4 Å². The molecule has 7 heteroatoms. The number of fused-ring (bicyclic) bond motifs is 1. The maximum Gasteiger partial charge on any atom is 0.511 e. The van der Waals surface area contributed by atoms with Crippen LogP contribution in [0.25, 0.3) is 10.9 Å². The molecule has 3 rings (SSSR count). The van der Waals surface area contributed by atoms with Crippen LogP contribution in [0.5, 0.6) is 11.5 Å². The Morgan fingerprint density at radius 1 is 1.22 bits per heavy atom. The Kier molecular flexibility index (Phi) is 5.28. The van der Waals surface area contributed by atoms with Crippen LogP contribution in [0.2, 0.25) is 5.02 Å². The van der Waals surface area contributed by atoms with Crippen molar-refractivity contribution in [1.29, 1.82) is 0 Å². The molecule has 2 aromatic carbocycles. The number of rotatable bonds is 5. The first-order valence-electron chi connectivity index (χ1n) is 8.49. The van der Waals surface area contributed by atoms with Crippen LogP contribution in [0, 0.1) is 5.41 Å². The first-order chi connectivity index (χ1) is 12.7. The number of benzene rings is 2. The van der Waals surface area contributed by atoms with Gasteiger partial charge in [-0.2, -0.15) is 5.10 Å². The molecule has 142 valence electrons. The summed E-state index contributed by atoms with van der Waals surface area (Å²) >= 11 is 6.18. The Morgan fingerprint density at radius 2 is 2.00 bits per heavy atom. The number of carboxylic acid groups (broad SMARTS) is 1. The van der Waals surface area contributed by atoms with Gasteiger partial charge in [0, 0.05) is 10.6 Å². The molecule has 1 heterocycles. The second-order valence-electron chi connectivity index (χ2n) is 7.46. The van der Waals surface area contributed by atoms with Crippen LogP contribution in [0.1, 0.15) is 26.3 Å². The molecule has 0 aliphatic carbocycles. The number of halogens is 1. The van der Waals surface area contributed by atoms with Crippen molar-refractivity contribution in [3.05, 3.63) is 53.2 Å². The van der Waals surface area contributed by atoms with Gasteiger partial charge in [0.25, 0.3) is 0 Å². The lowest BCUT2D eigenvalue weighted by Gasteiger charge is -2.20. The summed E-state index contributed by atoms with van der Waals surface area (Å²) < 4.78 is 12.6. The molecule has 0 saturated heterocycles. The second kappa shape index (κ2) is 7.48. The summed E-state index contributed by atoms with van der Waals surface area (Å²) in [6.07, 6.45) is 0.233. The summed E-state index contributed by atoms with van der Waals surface area (Å²) in [6.45, 7) is 7.31. The summed E-state index contributed by atoms with van der Waals surface area (Å²) in [6, 6.07) is 10.7. The van der Waals surface area contributed by atoms with Crippen molar-refractivity contribution in [3.63, 3.8) is 0 Å². The molecule has 6 nitrogen and oxygen atoms in total. The van der Waals surface area contributed by atoms with E-state index >= 15 is 0 Å². The average Bonchev–Trinajstić information content (AvgIpc) is 2.97. The van der Waals surface area contributed by atoms with E-state index < -0.39 is 6.16 Å². The molecule has 0 aliphatic rings. The van der Waals surface area contributed by atoms with Gasteiger partial charge in [-0.1, -0.05) is 38.4 Å². The minimum Gasteiger partial charge on any atom is -0.493 e. The van der Waals surface area contributed by atoms with Crippen LogP contribution in [0.3, 0.4) is 0 Å². The number of carbonyl (C=O) groups is 1. The Morgan fingerprint density at radius 3 is 2.70 bits per heavy atom. The zero-order chi connectivity index (χ0) is 19.6. The highest BCUT2D eigenvalue weighted by Gasteiger charge is 2.15. The van der Waals surface area contributed by atoms with E-state index in [0.717, 1.165) is 16.8 Å². The Labute approximate surface area is 162 Å². The monoisotopic (exact) mass is 388 g/mol. The third kappa shape index (κ3) is 4.71. The van der Waals surface area contributed by atoms with Crippen LogP contribution >= 0.6 is 11.6 Å². The zero-order valence-corrected chi connectivity index (χ0v) is 16.2. The number of hydrogen-bond donors (Lipinski definition) is 1. The molecule has 0 saturated carbocycles. The summed E-state index contributed by atoms with van der Waals surface area (Å²) in [7, 11) is 0. The van der Waals surface area contributed by atoms with Gasteiger partial charge in [0.1, 0.15) is 11.5 Å². The van der Waals surface area contributed by atoms with Gasteiger partial charge in [-0.05, 0) is 35.7 Å². The van der Waals surface area contributed by atoms with Gasteiger partial charge in [-0.25, -0.2) is 4.79 Å². The SMILES string of the molecule is CC(C)(C)COc1ccc(Cl)cc1Cn1ncc2c(OC(=O)O)cccc21. The van der Waals surface area contributed by atoms with Crippen LogP contribution in [0.4, 0.5) is 4.79 Å². The summed E-state index contributed by atoms with van der Waals surface area (Å²) in [5.41, 5.74) is 1.68. The van der Waals surface area contributed by atoms with E-state index in [0.29, 0.717) is 23.6 Å². The molecular formula is C20H21ClN2O4. The molecule has 0 bridgehead atoms. The van der Waals surface area contributed by atoms with Gasteiger partial charge in [0.05, 0.1) is 30.3 Å². The van der Waals surface area contributed by atoms with Crippen molar-refractivity contribution >= 4 is 28.7 Å². The lowest BCUT2D eigenvalue weighted by molar-refractivity contribution is 0.145. The van der Waals surface area contributed by atoms with Gasteiger partial charge in [0.15, 0.2) is 0 Å². The summed E-state index contributed by atoms with van der Waals surface area (Å²) in [4.78, 5) is 10.9. The van der Waals surface area contributed by atoms with E-state index in [1.165, 1.54) is 0 Å². The third-order valence-corrected chi connectivity index (χ3v) is 4.08. The van der Waals surface area contributed by atoms with Crippen molar-refractivity contribution in [2.24, 2.45) is 5.41 Å². The van der Waals surface area contributed by atoms with Crippen LogP contribution in [-0.4, -0.2) is 27.6 Å². The maximum atomic E-state index is 10.9. The number of ether oxygens (including phenoxy) is 2. The van der Waals surface area contributed by atoms with E-state index in [-0.39, 0.29) is 11.2 Å². The second-order valence-corrected chi connectivity index (χ2v) is 7.90. The fourth-order valence-electron chi connectivity index (χ4n) is 2.65. The highest BCUT2D eigenvalue weighted by Crippen LogP contribution is 2.29. The normalized spacial score (nSPS) is 11.6. The lowest BCUT2D eigenvalue weighted by atomic mass is 9.98. The van der Waals surface area contributed by atoms with Crippen LogP contribution in [-0.2, 0) is 6.54 Å². The molecule has 0 amide bonds. The van der Waals surface area contributed by atoms with Gasteiger partial charge < -0.3 is 14.6 Å². The molecule has 1 aromatic heterocycles. The molecule has 0 aliphatic heterocycles. The molecule has 0 fully saturated rings. The zero-order valence-electron chi connectivity index (χ0n) is 15.4. The highest BCUT2D eigenvalue weighted by atomic mass is 35.5. The Bertz CT molecular complexity index is 976. The first-order valence-corrected chi connectivity index (χ1v) is 8.87. The predicted octanol–water partition coefficient (Wildman–Crippen LogP) is 5.22. The molecule has 0 radical (unpaired) electrons. The standard InChI is InChI=1S/C20H21ClN2O4/c1-20(2,3)12-26-17-8-7-14(21)9-13(17)11-23-16-5-4-6-18(27-19(24)25)15(16)10-22-23/h4-10H,11-12H2,1-3H3,(H,24,25). The van der Waals surface area contributed by atoms with Crippen molar-refractivity contribution in [3.8, 4) is 11.5 Å². The van der Waals surface area contributed by atoms with E-state index in [9.17, 15) is 4.79 Å². The maximum absolute atomic E-state index is 10.9. The van der Waals surface area contributed by atoms with Crippen molar-refractivity contribution in [2.75, 3.05) is 6.61 Å². The first kappa shape index (κ1) is 19.0. The van der Waals surface area contributed by atoms with Gasteiger partial charge in [-0.3, -0.25) is 4.68 Å². The fraction of sp³-hybridized carbons (Fsp3) is 0.300. The van der Waals surface area contributed by atoms with Gasteiger partial charge >= 0.3 is 6.16 Å². The molecule has 1 N–H and O–H groups in total. The quantitative estimate of drug-likeness (QED) is 0.479. The Balaban J connectivity index is 1.93. The minimum absolute atomic E-state index is 0.0262. The topological polar surface area (TPSA) is 73.6 Å². The lowest BCUT2D eigenvalue weighted by Crippen LogP contribution is -2.17. The van der Waals surface area contributed by atoms with Crippen LogP contribution < -0.4 is 9.47 Å². The number of aromatic nitrogens is 2. The molecular weight excluding hydrogens is 368 g/mol. The molecule has 0 atom stereocenters. The minimum atomic E-state index is -1.36. The average molecular weight is 389 g/mol. The summed E-state index contributed by atoms with van der Waals surface area (Å²) in [5.74, 6) is 0.998. The molecule has 3 aromatic rings. The molecule has 0 spiro atoms. The Hall–Kier alpha value is -2.73. The molecule has 0 unspecified atom stereocenters. The van der Waals surface area contributed by atoms with E-state index in [2.05, 4.69) is 25.9 Å². The summed E-state index contributed by atoms with van der Waals surface area (Å²) in [5, 5.41) is 14.5. The number of hydrogen-bond acceptors (Lipinski definition) is 4. The largest absolute Gasteiger partial charge is 0.511 e. The van der Waals surface area contributed by atoms with Gasteiger partial charge in [-0.15, -0.1) is 0 Å². The van der Waals surface area contributed by atoms with Gasteiger partial charge in [0.2, 0.25) is 0 Å². The number of nitrogens with zero attached hydrogens (tertiary/aromatic N) is 2.